The molecule has 3 aromatic rings. The summed E-state index contributed by atoms with van der Waals surface area (Å²) >= 11 is 6.42. The number of hydrogen-bond acceptors (Lipinski definition) is 6. The first-order chi connectivity index (χ1) is 19.5. The molecular formula is C30H30ClF3N2O5. The van der Waals surface area contributed by atoms with Crippen LogP contribution in [0.2, 0.25) is 5.02 Å². The van der Waals surface area contributed by atoms with Crippen LogP contribution in [-0.4, -0.2) is 41.2 Å². The number of nitrogens with one attached hydrogen (secondary N) is 1. The lowest BCUT2D eigenvalue weighted by atomic mass is 9.82. The van der Waals surface area contributed by atoms with Gasteiger partial charge in [0.15, 0.2) is 17.2 Å². The van der Waals surface area contributed by atoms with Gasteiger partial charge in [0.25, 0.3) is 0 Å². The minimum atomic E-state index is -1.91. The number of alkyl halides is 1. The van der Waals surface area contributed by atoms with Crippen molar-refractivity contribution in [3.05, 3.63) is 81.9 Å². The number of amides is 1. The van der Waals surface area contributed by atoms with Crippen LogP contribution >= 0.6 is 11.6 Å². The summed E-state index contributed by atoms with van der Waals surface area (Å²) in [5.74, 6) is -3.93. The summed E-state index contributed by atoms with van der Waals surface area (Å²) in [6.45, 7) is 1.11. The second-order valence-corrected chi connectivity index (χ2v) is 10.8. The van der Waals surface area contributed by atoms with Gasteiger partial charge in [-0.05, 0) is 43.4 Å². The van der Waals surface area contributed by atoms with Crippen LogP contribution in [0.5, 0.6) is 11.5 Å². The van der Waals surface area contributed by atoms with E-state index in [4.69, 9.17) is 26.8 Å². The average molecular weight is 591 g/mol. The Morgan fingerprint density at radius 1 is 1.15 bits per heavy atom. The van der Waals surface area contributed by atoms with E-state index in [1.807, 2.05) is 0 Å². The highest BCUT2D eigenvalue weighted by Crippen LogP contribution is 2.55. The highest BCUT2D eigenvalue weighted by atomic mass is 35.5. The van der Waals surface area contributed by atoms with Crippen LogP contribution in [-0.2, 0) is 5.60 Å². The summed E-state index contributed by atoms with van der Waals surface area (Å²) < 4.78 is 56.2. The Hall–Kier alpha value is -3.31. The Balaban J connectivity index is 1.68. The molecule has 3 aromatic carbocycles. The van der Waals surface area contributed by atoms with Crippen LogP contribution in [0.1, 0.15) is 60.2 Å². The zero-order valence-corrected chi connectivity index (χ0v) is 22.9. The lowest BCUT2D eigenvalue weighted by Crippen LogP contribution is -2.48. The molecule has 11 heteroatoms. The number of benzene rings is 3. The van der Waals surface area contributed by atoms with E-state index in [9.17, 15) is 19.4 Å². The molecule has 1 saturated carbocycles. The van der Waals surface area contributed by atoms with E-state index in [1.54, 1.807) is 30.3 Å². The summed E-state index contributed by atoms with van der Waals surface area (Å²) in [6, 6.07) is 12.0. The highest BCUT2D eigenvalue weighted by molar-refractivity contribution is 6.34. The van der Waals surface area contributed by atoms with Crippen molar-refractivity contribution in [2.75, 3.05) is 6.54 Å². The van der Waals surface area contributed by atoms with Crippen molar-refractivity contribution in [1.82, 2.24) is 5.32 Å². The number of nitrogens with two attached hydrogens (primary N) is 1. The van der Waals surface area contributed by atoms with Gasteiger partial charge in [0, 0.05) is 42.3 Å². The number of aliphatic hydroxyl groups excluding tert-OH is 2. The summed E-state index contributed by atoms with van der Waals surface area (Å²) in [4.78, 5) is 12.4. The summed E-state index contributed by atoms with van der Waals surface area (Å²) in [6.07, 6.45) is -1.15. The molecule has 1 amide bonds. The van der Waals surface area contributed by atoms with Gasteiger partial charge in [-0.1, -0.05) is 41.9 Å². The number of primary amides is 1. The highest BCUT2D eigenvalue weighted by Gasteiger charge is 2.52. The van der Waals surface area contributed by atoms with Crippen molar-refractivity contribution in [1.29, 1.82) is 0 Å². The first-order valence-electron chi connectivity index (χ1n) is 13.3. The first-order valence-corrected chi connectivity index (χ1v) is 13.7. The zero-order valence-electron chi connectivity index (χ0n) is 22.2. The molecule has 0 bridgehead atoms. The predicted octanol–water partition coefficient (Wildman–Crippen LogP) is 5.29. The average Bonchev–Trinajstić information content (AvgIpc) is 3.22. The molecule has 1 aliphatic carbocycles. The molecule has 2 aliphatic rings. The molecule has 0 aromatic heterocycles. The van der Waals surface area contributed by atoms with Crippen LogP contribution in [0.4, 0.5) is 13.2 Å². The lowest BCUT2D eigenvalue weighted by Gasteiger charge is -2.36. The number of fused-ring (bicyclic) bond motifs is 1. The fourth-order valence-electron chi connectivity index (χ4n) is 5.72. The molecular weight excluding hydrogens is 561 g/mol. The largest absolute Gasteiger partial charge is 0.478 e. The summed E-state index contributed by atoms with van der Waals surface area (Å²) in [7, 11) is 0. The van der Waals surface area contributed by atoms with Crippen molar-refractivity contribution >= 4 is 17.5 Å². The molecule has 7 nitrogen and oxygen atoms in total. The molecule has 1 fully saturated rings. The molecule has 3 atom stereocenters. The molecule has 1 unspecified atom stereocenters. The third kappa shape index (κ3) is 5.37. The van der Waals surface area contributed by atoms with E-state index in [2.05, 4.69) is 5.32 Å². The number of hydrogen-bond donors (Lipinski definition) is 4. The molecule has 5 rings (SSSR count). The minimum Gasteiger partial charge on any atom is -0.478 e. The lowest BCUT2D eigenvalue weighted by molar-refractivity contribution is -0.0348. The molecule has 5 N–H and O–H groups in total. The minimum absolute atomic E-state index is 0.0220. The van der Waals surface area contributed by atoms with Gasteiger partial charge >= 0.3 is 0 Å². The van der Waals surface area contributed by atoms with E-state index < -0.39 is 51.9 Å². The normalized spacial score (nSPS) is 24.4. The molecule has 1 heterocycles. The van der Waals surface area contributed by atoms with Gasteiger partial charge < -0.3 is 30.7 Å². The SMILES string of the molecule is CC(F)Oc1ccc(C(N)=O)c(-c2c(Cl)c(F)cc3c2[C@H](O)[C@@](CNC2CCC(O)CC2)(c2ccccc2)O3)c1F. The van der Waals surface area contributed by atoms with Crippen molar-refractivity contribution < 1.29 is 37.7 Å². The topological polar surface area (TPSA) is 114 Å². The van der Waals surface area contributed by atoms with E-state index in [-0.39, 0.29) is 41.1 Å². The Bertz CT molecular complexity index is 1450. The summed E-state index contributed by atoms with van der Waals surface area (Å²) in [5, 5.41) is 24.7. The van der Waals surface area contributed by atoms with Crippen LogP contribution in [0.25, 0.3) is 11.1 Å². The Morgan fingerprint density at radius 3 is 2.46 bits per heavy atom. The van der Waals surface area contributed by atoms with Gasteiger partial charge in [0.2, 0.25) is 12.3 Å². The predicted molar refractivity (Wildman–Crippen MR) is 146 cm³/mol. The van der Waals surface area contributed by atoms with Gasteiger partial charge in [0.1, 0.15) is 17.7 Å². The Morgan fingerprint density at radius 2 is 1.83 bits per heavy atom. The second-order valence-electron chi connectivity index (χ2n) is 10.4. The molecule has 0 spiro atoms. The van der Waals surface area contributed by atoms with Crippen LogP contribution in [0, 0.1) is 11.6 Å². The molecule has 41 heavy (non-hydrogen) atoms. The third-order valence-electron chi connectivity index (χ3n) is 7.75. The molecule has 0 radical (unpaired) electrons. The Labute approximate surface area is 240 Å². The maximum absolute atomic E-state index is 15.9. The van der Waals surface area contributed by atoms with Gasteiger partial charge in [-0.2, -0.15) is 0 Å². The van der Waals surface area contributed by atoms with Crippen molar-refractivity contribution in [2.24, 2.45) is 5.73 Å². The fraction of sp³-hybridized carbons (Fsp3) is 0.367. The number of halogens is 4. The first kappa shape index (κ1) is 29.2. The number of rotatable bonds is 8. The van der Waals surface area contributed by atoms with Gasteiger partial charge in [-0.25, -0.2) is 13.2 Å². The maximum Gasteiger partial charge on any atom is 0.249 e. The maximum atomic E-state index is 15.9. The van der Waals surface area contributed by atoms with E-state index in [1.165, 1.54) is 0 Å². The van der Waals surface area contributed by atoms with Gasteiger partial charge in [0.05, 0.1) is 16.7 Å². The summed E-state index contributed by atoms with van der Waals surface area (Å²) in [5.41, 5.74) is 3.26. The van der Waals surface area contributed by atoms with Gasteiger partial charge in [-0.15, -0.1) is 0 Å². The monoisotopic (exact) mass is 590 g/mol. The van der Waals surface area contributed by atoms with Crippen LogP contribution < -0.4 is 20.5 Å². The second kappa shape index (κ2) is 11.5. The van der Waals surface area contributed by atoms with Crippen molar-refractivity contribution in [3.63, 3.8) is 0 Å². The van der Waals surface area contributed by atoms with Gasteiger partial charge in [-0.3, -0.25) is 4.79 Å². The Kier molecular flexibility index (Phi) is 8.20. The smallest absolute Gasteiger partial charge is 0.249 e. The van der Waals surface area contributed by atoms with Crippen LogP contribution in [0.3, 0.4) is 0 Å². The van der Waals surface area contributed by atoms with E-state index in [0.717, 1.165) is 25.1 Å². The quantitative estimate of drug-likeness (QED) is 0.283. The van der Waals surface area contributed by atoms with Crippen molar-refractivity contribution in [2.45, 2.75) is 62.8 Å². The van der Waals surface area contributed by atoms with E-state index >= 15 is 8.78 Å². The molecule has 0 saturated heterocycles. The fourth-order valence-corrected chi connectivity index (χ4v) is 5.97. The van der Waals surface area contributed by atoms with Crippen LogP contribution in [0.15, 0.2) is 48.5 Å². The number of carbonyl (C=O) groups is 1. The zero-order chi connectivity index (χ0) is 29.5. The van der Waals surface area contributed by atoms with E-state index in [0.29, 0.717) is 31.2 Å². The number of carbonyl (C=O) groups excluding carboxylic acids is 1. The number of ether oxygens (including phenoxy) is 2. The number of aliphatic hydroxyl groups is 2. The molecule has 218 valence electrons. The third-order valence-corrected chi connectivity index (χ3v) is 8.12. The van der Waals surface area contributed by atoms with Crippen molar-refractivity contribution in [3.8, 4) is 22.6 Å². The molecule has 1 aliphatic heterocycles. The standard InChI is InChI=1S/C30H30ClF3N2O5/c1-15(32)40-21-12-11-19(29(35)39)23(27(21)34)25-24-22(13-20(33)26(25)31)41-30(28(24)38,16-5-3-2-4-6-16)14-36-17-7-9-18(37)10-8-17/h2-6,11-13,15,17-18,28,36-38H,7-10,14H2,1H3,(H2,35,39)/t15?,17?,18?,28-,30+/m0/s1.